The molecule has 0 bridgehead atoms. The lowest BCUT2D eigenvalue weighted by Crippen LogP contribution is -2.39. The molecule has 1 aliphatic rings. The molecule has 0 saturated heterocycles. The van der Waals surface area contributed by atoms with Gasteiger partial charge in [-0.3, -0.25) is 0 Å². The molecule has 3 rings (SSSR count). The van der Waals surface area contributed by atoms with Crippen molar-refractivity contribution in [2.45, 2.75) is 39.3 Å². The summed E-state index contributed by atoms with van der Waals surface area (Å²) < 4.78 is 33.3. The molecule has 0 atom stereocenters. The number of aromatic amines is 1. The number of benzene rings is 1. The summed E-state index contributed by atoms with van der Waals surface area (Å²) in [5.41, 5.74) is 1.51. The fourth-order valence-electron chi connectivity index (χ4n) is 2.81. The molecule has 2 heterocycles. The van der Waals surface area contributed by atoms with Crippen LogP contribution in [0.5, 0.6) is 0 Å². The molecule has 1 aromatic heterocycles. The van der Waals surface area contributed by atoms with Crippen molar-refractivity contribution in [2.24, 2.45) is 0 Å². The van der Waals surface area contributed by atoms with Gasteiger partial charge in [-0.2, -0.15) is 0 Å². The van der Waals surface area contributed by atoms with Crippen LogP contribution in [0, 0.1) is 11.6 Å². The number of carbonyl (C=O) groups excluding carboxylic acids is 1. The minimum Gasteiger partial charge on any atom is -0.444 e. The summed E-state index contributed by atoms with van der Waals surface area (Å²) in [4.78, 5) is 16.9. The Morgan fingerprint density at radius 1 is 1.25 bits per heavy atom. The summed E-state index contributed by atoms with van der Waals surface area (Å²) in [5, 5.41) is 0. The number of halogens is 2. The van der Waals surface area contributed by atoms with Gasteiger partial charge in [-0.05, 0) is 44.5 Å². The number of amides is 1. The van der Waals surface area contributed by atoms with E-state index >= 15 is 0 Å². The highest BCUT2D eigenvalue weighted by Gasteiger charge is 2.27. The summed E-state index contributed by atoms with van der Waals surface area (Å²) in [6, 6.07) is 5.49. The van der Waals surface area contributed by atoms with Gasteiger partial charge in [0.2, 0.25) is 0 Å². The standard InChI is InChI=1S/C18H20F2N2O2/c1-18(2,3)24-17(23)22-8-7-14-11(10-22)9-15(21-14)16-12(19)5-4-6-13(16)20/h4-6,9,21H,7-8,10H2,1-3H3. The van der Waals surface area contributed by atoms with Gasteiger partial charge in [0, 0.05) is 18.7 Å². The summed E-state index contributed by atoms with van der Waals surface area (Å²) in [7, 11) is 0. The van der Waals surface area contributed by atoms with Crippen molar-refractivity contribution in [3.05, 3.63) is 47.2 Å². The molecule has 128 valence electrons. The molecule has 0 fully saturated rings. The Kier molecular flexibility index (Phi) is 4.07. The van der Waals surface area contributed by atoms with E-state index in [2.05, 4.69) is 4.98 Å². The molecule has 2 aromatic rings. The zero-order valence-corrected chi connectivity index (χ0v) is 14.0. The van der Waals surface area contributed by atoms with E-state index in [4.69, 9.17) is 4.74 Å². The van der Waals surface area contributed by atoms with E-state index in [0.717, 1.165) is 11.3 Å². The van der Waals surface area contributed by atoms with Gasteiger partial charge in [-0.1, -0.05) is 6.07 Å². The molecule has 24 heavy (non-hydrogen) atoms. The number of ether oxygens (including phenoxy) is 1. The van der Waals surface area contributed by atoms with E-state index in [1.54, 1.807) is 11.0 Å². The maximum absolute atomic E-state index is 13.9. The first-order chi connectivity index (χ1) is 11.2. The van der Waals surface area contributed by atoms with Gasteiger partial charge in [0.1, 0.15) is 17.2 Å². The van der Waals surface area contributed by atoms with E-state index in [-0.39, 0.29) is 11.7 Å². The largest absolute Gasteiger partial charge is 0.444 e. The summed E-state index contributed by atoms with van der Waals surface area (Å²) >= 11 is 0. The van der Waals surface area contributed by atoms with E-state index in [9.17, 15) is 13.6 Å². The molecule has 0 spiro atoms. The molecule has 0 radical (unpaired) electrons. The molecule has 6 heteroatoms. The number of fused-ring (bicyclic) bond motifs is 1. The van der Waals surface area contributed by atoms with Gasteiger partial charge in [0.05, 0.1) is 17.8 Å². The molecule has 4 nitrogen and oxygen atoms in total. The van der Waals surface area contributed by atoms with Crippen LogP contribution in [0.15, 0.2) is 24.3 Å². The lowest BCUT2D eigenvalue weighted by atomic mass is 10.1. The first kappa shape index (κ1) is 16.5. The van der Waals surface area contributed by atoms with Crippen LogP contribution < -0.4 is 0 Å². The fourth-order valence-corrected chi connectivity index (χ4v) is 2.81. The van der Waals surface area contributed by atoms with Crippen LogP contribution in [-0.4, -0.2) is 28.1 Å². The fraction of sp³-hybridized carbons (Fsp3) is 0.389. The summed E-state index contributed by atoms with van der Waals surface area (Å²) in [6.07, 6.45) is 0.206. The quantitative estimate of drug-likeness (QED) is 0.847. The van der Waals surface area contributed by atoms with Crippen molar-refractivity contribution in [2.75, 3.05) is 6.54 Å². The van der Waals surface area contributed by atoms with Crippen molar-refractivity contribution < 1.29 is 18.3 Å². The van der Waals surface area contributed by atoms with Crippen LogP contribution in [0.2, 0.25) is 0 Å². The number of hydrogen-bond donors (Lipinski definition) is 1. The summed E-state index contributed by atoms with van der Waals surface area (Å²) in [6.45, 7) is 6.30. The molecule has 0 aliphatic carbocycles. The van der Waals surface area contributed by atoms with E-state index < -0.39 is 17.2 Å². The van der Waals surface area contributed by atoms with Gasteiger partial charge in [-0.25, -0.2) is 13.6 Å². The second-order valence-corrected chi connectivity index (χ2v) is 6.94. The van der Waals surface area contributed by atoms with E-state index in [0.29, 0.717) is 25.2 Å². The maximum atomic E-state index is 13.9. The van der Waals surface area contributed by atoms with Gasteiger partial charge in [-0.15, -0.1) is 0 Å². The van der Waals surface area contributed by atoms with E-state index in [1.807, 2.05) is 20.8 Å². The SMILES string of the molecule is CC(C)(C)OC(=O)N1CCc2[nH]c(-c3c(F)cccc3F)cc2C1. The molecule has 1 N–H and O–H groups in total. The van der Waals surface area contributed by atoms with Crippen molar-refractivity contribution in [1.82, 2.24) is 9.88 Å². The minimum absolute atomic E-state index is 0.0734. The van der Waals surface area contributed by atoms with Gasteiger partial charge >= 0.3 is 6.09 Å². The first-order valence-electron chi connectivity index (χ1n) is 7.87. The van der Waals surface area contributed by atoms with Crippen LogP contribution >= 0.6 is 0 Å². The molecular formula is C18H20F2N2O2. The molecule has 0 saturated carbocycles. The van der Waals surface area contributed by atoms with Gasteiger partial charge in [0.25, 0.3) is 0 Å². The van der Waals surface area contributed by atoms with Crippen molar-refractivity contribution >= 4 is 6.09 Å². The zero-order valence-electron chi connectivity index (χ0n) is 14.0. The lowest BCUT2D eigenvalue weighted by molar-refractivity contribution is 0.0223. The Hall–Kier alpha value is -2.37. The molecule has 0 unspecified atom stereocenters. The second-order valence-electron chi connectivity index (χ2n) is 6.94. The highest BCUT2D eigenvalue weighted by Crippen LogP contribution is 2.30. The van der Waals surface area contributed by atoms with Gasteiger partial charge < -0.3 is 14.6 Å². The third-order valence-electron chi connectivity index (χ3n) is 3.87. The Morgan fingerprint density at radius 2 is 1.92 bits per heavy atom. The highest BCUT2D eigenvalue weighted by atomic mass is 19.1. The number of hydrogen-bond acceptors (Lipinski definition) is 2. The van der Waals surface area contributed by atoms with Crippen LogP contribution in [-0.2, 0) is 17.7 Å². The molecule has 1 aromatic carbocycles. The van der Waals surface area contributed by atoms with Crippen molar-refractivity contribution in [3.8, 4) is 11.3 Å². The van der Waals surface area contributed by atoms with E-state index in [1.165, 1.54) is 18.2 Å². The first-order valence-corrected chi connectivity index (χ1v) is 7.87. The number of rotatable bonds is 1. The van der Waals surface area contributed by atoms with Crippen LogP contribution in [0.25, 0.3) is 11.3 Å². The number of carbonyl (C=O) groups is 1. The number of aromatic nitrogens is 1. The summed E-state index contributed by atoms with van der Waals surface area (Å²) in [5.74, 6) is -1.23. The smallest absolute Gasteiger partial charge is 0.410 e. The van der Waals surface area contributed by atoms with Crippen molar-refractivity contribution in [1.29, 1.82) is 0 Å². The molecular weight excluding hydrogens is 314 g/mol. The van der Waals surface area contributed by atoms with Gasteiger partial charge in [0.15, 0.2) is 0 Å². The normalized spacial score (nSPS) is 14.5. The monoisotopic (exact) mass is 334 g/mol. The predicted octanol–water partition coefficient (Wildman–Crippen LogP) is 4.25. The second kappa shape index (κ2) is 5.92. The number of nitrogens with zero attached hydrogens (tertiary/aromatic N) is 1. The Balaban J connectivity index is 1.84. The highest BCUT2D eigenvalue weighted by molar-refractivity contribution is 5.69. The Bertz CT molecular complexity index is 758. The number of nitrogens with one attached hydrogen (secondary N) is 1. The molecule has 1 aliphatic heterocycles. The van der Waals surface area contributed by atoms with Crippen LogP contribution in [0.1, 0.15) is 32.0 Å². The third kappa shape index (κ3) is 3.27. The van der Waals surface area contributed by atoms with Crippen molar-refractivity contribution in [3.63, 3.8) is 0 Å². The Morgan fingerprint density at radius 3 is 2.54 bits per heavy atom. The average molecular weight is 334 g/mol. The number of H-pyrrole nitrogens is 1. The topological polar surface area (TPSA) is 45.3 Å². The third-order valence-corrected chi connectivity index (χ3v) is 3.87. The maximum Gasteiger partial charge on any atom is 0.410 e. The Labute approximate surface area is 139 Å². The predicted molar refractivity (Wildman–Crippen MR) is 86.5 cm³/mol. The van der Waals surface area contributed by atoms with Crippen LogP contribution in [0.3, 0.4) is 0 Å². The zero-order chi connectivity index (χ0) is 17.5. The van der Waals surface area contributed by atoms with Crippen LogP contribution in [0.4, 0.5) is 13.6 Å². The minimum atomic E-state index is -0.613. The lowest BCUT2D eigenvalue weighted by Gasteiger charge is -2.29. The molecule has 1 amide bonds. The average Bonchev–Trinajstić information content (AvgIpc) is 2.87.